The third-order valence-electron chi connectivity index (χ3n) is 5.06. The molecule has 1 N–H and O–H groups in total. The summed E-state index contributed by atoms with van der Waals surface area (Å²) < 4.78 is 28.8. The van der Waals surface area contributed by atoms with Gasteiger partial charge in [0.25, 0.3) is 0 Å². The topological polar surface area (TPSA) is 44.8 Å². The van der Waals surface area contributed by atoms with Gasteiger partial charge in [0, 0.05) is 26.7 Å². The van der Waals surface area contributed by atoms with Crippen LogP contribution in [0.5, 0.6) is 5.75 Å². The summed E-state index contributed by atoms with van der Waals surface area (Å²) in [7, 11) is 1.70. The SMILES string of the molecule is CN(Cc1ccc(OC(F)F)cc1)C(=O)NCc1ccccc1CN1CCCC1. The highest BCUT2D eigenvalue weighted by atomic mass is 19.3. The third kappa shape index (κ3) is 6.42. The van der Waals surface area contributed by atoms with E-state index in [9.17, 15) is 13.6 Å². The first-order valence-electron chi connectivity index (χ1n) is 9.83. The van der Waals surface area contributed by atoms with Crippen LogP contribution >= 0.6 is 0 Å². The fourth-order valence-corrected chi connectivity index (χ4v) is 3.49. The van der Waals surface area contributed by atoms with Crippen molar-refractivity contribution >= 4 is 6.03 Å². The number of benzene rings is 2. The number of amides is 2. The zero-order valence-electron chi connectivity index (χ0n) is 16.6. The highest BCUT2D eigenvalue weighted by Gasteiger charge is 2.15. The Morgan fingerprint density at radius 2 is 1.76 bits per heavy atom. The molecule has 5 nitrogen and oxygen atoms in total. The Balaban J connectivity index is 1.51. The van der Waals surface area contributed by atoms with E-state index >= 15 is 0 Å². The second kappa shape index (κ2) is 10.2. The van der Waals surface area contributed by atoms with Crippen molar-refractivity contribution in [3.8, 4) is 5.75 Å². The quantitative estimate of drug-likeness (QED) is 0.718. The predicted molar refractivity (Wildman–Crippen MR) is 108 cm³/mol. The van der Waals surface area contributed by atoms with E-state index in [-0.39, 0.29) is 11.8 Å². The van der Waals surface area contributed by atoms with Crippen LogP contribution in [0, 0.1) is 0 Å². The van der Waals surface area contributed by atoms with Gasteiger partial charge in [-0.3, -0.25) is 4.90 Å². The fourth-order valence-electron chi connectivity index (χ4n) is 3.49. The molecule has 2 aromatic carbocycles. The summed E-state index contributed by atoms with van der Waals surface area (Å²) in [6, 6.07) is 14.3. The van der Waals surface area contributed by atoms with Crippen LogP contribution in [-0.2, 0) is 19.6 Å². The second-order valence-corrected chi connectivity index (χ2v) is 7.29. The normalized spacial score (nSPS) is 14.2. The lowest BCUT2D eigenvalue weighted by molar-refractivity contribution is -0.0498. The van der Waals surface area contributed by atoms with Crippen LogP contribution in [-0.4, -0.2) is 42.6 Å². The highest BCUT2D eigenvalue weighted by Crippen LogP contribution is 2.17. The molecule has 1 heterocycles. The number of urea groups is 1. The standard InChI is InChI=1S/C22H27F2N3O2/c1-26(15-17-8-10-20(11-9-17)29-21(23)24)22(28)25-14-18-6-2-3-7-19(18)16-27-12-4-5-13-27/h2-3,6-11,21H,4-5,12-16H2,1H3,(H,25,28). The summed E-state index contributed by atoms with van der Waals surface area (Å²) in [6.07, 6.45) is 2.50. The van der Waals surface area contributed by atoms with E-state index in [0.717, 1.165) is 30.8 Å². The Morgan fingerprint density at radius 1 is 1.10 bits per heavy atom. The molecule has 2 aromatic rings. The van der Waals surface area contributed by atoms with Gasteiger partial charge in [0.05, 0.1) is 0 Å². The molecule has 29 heavy (non-hydrogen) atoms. The summed E-state index contributed by atoms with van der Waals surface area (Å²) >= 11 is 0. The molecule has 0 bridgehead atoms. The van der Waals surface area contributed by atoms with Gasteiger partial charge in [0.1, 0.15) is 5.75 Å². The van der Waals surface area contributed by atoms with Crippen molar-refractivity contribution in [3.63, 3.8) is 0 Å². The number of alkyl halides is 2. The number of nitrogens with zero attached hydrogens (tertiary/aromatic N) is 2. The first kappa shape index (κ1) is 21.0. The molecule has 0 atom stereocenters. The van der Waals surface area contributed by atoms with E-state index in [2.05, 4.69) is 21.0 Å². The number of nitrogens with one attached hydrogen (secondary N) is 1. The van der Waals surface area contributed by atoms with E-state index in [1.807, 2.05) is 18.2 Å². The molecule has 1 aliphatic heterocycles. The number of halogens is 2. The maximum atomic E-state index is 12.5. The number of carbonyl (C=O) groups excluding carboxylic acids is 1. The average molecular weight is 403 g/mol. The number of hydrogen-bond acceptors (Lipinski definition) is 3. The van der Waals surface area contributed by atoms with Gasteiger partial charge in [-0.2, -0.15) is 8.78 Å². The molecular formula is C22H27F2N3O2. The van der Waals surface area contributed by atoms with Gasteiger partial charge < -0.3 is 15.0 Å². The molecule has 2 amide bonds. The van der Waals surface area contributed by atoms with Crippen molar-refractivity contribution < 1.29 is 18.3 Å². The van der Waals surface area contributed by atoms with Crippen LogP contribution < -0.4 is 10.1 Å². The molecule has 7 heteroatoms. The monoisotopic (exact) mass is 403 g/mol. The van der Waals surface area contributed by atoms with Gasteiger partial charge in [0.15, 0.2) is 0 Å². The lowest BCUT2D eigenvalue weighted by atomic mass is 10.1. The minimum atomic E-state index is -2.84. The summed E-state index contributed by atoms with van der Waals surface area (Å²) in [5.74, 6) is 0.102. The van der Waals surface area contributed by atoms with Crippen LogP contribution in [0.1, 0.15) is 29.5 Å². The Labute approximate surface area is 170 Å². The minimum absolute atomic E-state index is 0.102. The van der Waals surface area contributed by atoms with Gasteiger partial charge in [-0.05, 0) is 54.8 Å². The van der Waals surface area contributed by atoms with Crippen LogP contribution in [0.2, 0.25) is 0 Å². The van der Waals surface area contributed by atoms with Gasteiger partial charge in [0.2, 0.25) is 0 Å². The Hall–Kier alpha value is -2.67. The van der Waals surface area contributed by atoms with Crippen molar-refractivity contribution in [3.05, 3.63) is 65.2 Å². The third-order valence-corrected chi connectivity index (χ3v) is 5.06. The Morgan fingerprint density at radius 3 is 2.41 bits per heavy atom. The summed E-state index contributed by atoms with van der Waals surface area (Å²) in [6.45, 7) is 1.16. The van der Waals surface area contributed by atoms with E-state index in [1.54, 1.807) is 24.1 Å². The lowest BCUT2D eigenvalue weighted by Gasteiger charge is -2.20. The molecule has 0 radical (unpaired) electrons. The van der Waals surface area contributed by atoms with Crippen LogP contribution in [0.3, 0.4) is 0 Å². The zero-order valence-corrected chi connectivity index (χ0v) is 16.6. The highest BCUT2D eigenvalue weighted by molar-refractivity contribution is 5.73. The summed E-state index contributed by atoms with van der Waals surface area (Å²) in [5.41, 5.74) is 3.19. The summed E-state index contributed by atoms with van der Waals surface area (Å²) in [4.78, 5) is 16.5. The van der Waals surface area contributed by atoms with Gasteiger partial charge in [-0.1, -0.05) is 36.4 Å². The Kier molecular flexibility index (Phi) is 7.41. The van der Waals surface area contributed by atoms with E-state index in [1.165, 1.54) is 30.5 Å². The van der Waals surface area contributed by atoms with Crippen LogP contribution in [0.4, 0.5) is 13.6 Å². The van der Waals surface area contributed by atoms with Crippen molar-refractivity contribution in [1.29, 1.82) is 0 Å². The zero-order chi connectivity index (χ0) is 20.6. The molecular weight excluding hydrogens is 376 g/mol. The lowest BCUT2D eigenvalue weighted by Crippen LogP contribution is -2.36. The molecule has 1 fully saturated rings. The minimum Gasteiger partial charge on any atom is -0.435 e. The molecule has 0 aliphatic carbocycles. The molecule has 156 valence electrons. The molecule has 1 saturated heterocycles. The second-order valence-electron chi connectivity index (χ2n) is 7.29. The van der Waals surface area contributed by atoms with Crippen LogP contribution in [0.25, 0.3) is 0 Å². The average Bonchev–Trinajstić information content (AvgIpc) is 3.21. The van der Waals surface area contributed by atoms with Crippen molar-refractivity contribution in [2.45, 2.75) is 39.1 Å². The first-order chi connectivity index (χ1) is 14.0. The number of ether oxygens (including phenoxy) is 1. The molecule has 0 aromatic heterocycles. The van der Waals surface area contributed by atoms with Crippen molar-refractivity contribution in [1.82, 2.24) is 15.1 Å². The molecule has 0 spiro atoms. The van der Waals surface area contributed by atoms with Gasteiger partial charge >= 0.3 is 12.6 Å². The molecule has 1 aliphatic rings. The maximum absolute atomic E-state index is 12.5. The number of likely N-dealkylation sites (tertiary alicyclic amines) is 1. The maximum Gasteiger partial charge on any atom is 0.387 e. The van der Waals surface area contributed by atoms with E-state index < -0.39 is 6.61 Å². The number of hydrogen-bond donors (Lipinski definition) is 1. The van der Waals surface area contributed by atoms with Crippen molar-refractivity contribution in [2.75, 3.05) is 20.1 Å². The van der Waals surface area contributed by atoms with Crippen LogP contribution in [0.15, 0.2) is 48.5 Å². The van der Waals surface area contributed by atoms with Gasteiger partial charge in [-0.25, -0.2) is 4.79 Å². The number of rotatable bonds is 8. The molecule has 0 saturated carbocycles. The smallest absolute Gasteiger partial charge is 0.387 e. The molecule has 0 unspecified atom stereocenters. The van der Waals surface area contributed by atoms with E-state index in [4.69, 9.17) is 0 Å². The predicted octanol–water partition coefficient (Wildman–Crippen LogP) is 4.23. The molecule has 3 rings (SSSR count). The Bertz CT molecular complexity index is 793. The fraction of sp³-hybridized carbons (Fsp3) is 0.409. The largest absolute Gasteiger partial charge is 0.435 e. The van der Waals surface area contributed by atoms with E-state index in [0.29, 0.717) is 13.1 Å². The first-order valence-corrected chi connectivity index (χ1v) is 9.83. The van der Waals surface area contributed by atoms with Crippen molar-refractivity contribution in [2.24, 2.45) is 0 Å². The van der Waals surface area contributed by atoms with Gasteiger partial charge in [-0.15, -0.1) is 0 Å². The number of carbonyl (C=O) groups is 1. The summed E-state index contributed by atoms with van der Waals surface area (Å²) in [5, 5.41) is 2.97.